The first-order chi connectivity index (χ1) is 24.1. The van der Waals surface area contributed by atoms with Crippen LogP contribution in [0.1, 0.15) is 35.0 Å². The Morgan fingerprint density at radius 1 is 1.08 bits per heavy atom. The van der Waals surface area contributed by atoms with Crippen LogP contribution in [0.25, 0.3) is 10.2 Å². The quantitative estimate of drug-likeness (QED) is 0.0651. The minimum absolute atomic E-state index is 0.0506. The second kappa shape index (κ2) is 15.9. The number of carbonyl (C=O) groups is 1. The highest BCUT2D eigenvalue weighted by Crippen LogP contribution is 2.38. The van der Waals surface area contributed by atoms with Gasteiger partial charge in [0.15, 0.2) is 27.3 Å². The lowest BCUT2D eigenvalue weighted by Crippen LogP contribution is -2.24. The normalized spacial score (nSPS) is 15.3. The number of benzene rings is 2. The van der Waals surface area contributed by atoms with Crippen molar-refractivity contribution >= 4 is 68.7 Å². The van der Waals surface area contributed by atoms with Crippen LogP contribution in [0.2, 0.25) is 25.7 Å². The zero-order valence-electron chi connectivity index (χ0n) is 29.6. The minimum Gasteiger partial charge on any atom is -0.461 e. The summed E-state index contributed by atoms with van der Waals surface area (Å²) in [6, 6.07) is 21.5. The van der Waals surface area contributed by atoms with Gasteiger partial charge in [-0.1, -0.05) is 84.8 Å². The Balaban J connectivity index is 1.22. The number of rotatable bonds is 14. The number of para-hydroxylation sites is 1. The van der Waals surface area contributed by atoms with Gasteiger partial charge < -0.3 is 24.0 Å². The van der Waals surface area contributed by atoms with E-state index in [1.165, 1.54) is 11.3 Å². The molecular weight excluding hydrogens is 687 g/mol. The van der Waals surface area contributed by atoms with Crippen LogP contribution in [0.4, 0.5) is 21.8 Å². The van der Waals surface area contributed by atoms with Crippen LogP contribution in [0.5, 0.6) is 0 Å². The molecule has 1 atom stereocenters. The van der Waals surface area contributed by atoms with Gasteiger partial charge in [-0.05, 0) is 55.6 Å². The van der Waals surface area contributed by atoms with Crippen molar-refractivity contribution in [2.75, 3.05) is 43.2 Å². The molecule has 6 rings (SSSR count). The summed E-state index contributed by atoms with van der Waals surface area (Å²) in [5.74, 6) is 0.696. The van der Waals surface area contributed by atoms with Crippen molar-refractivity contribution in [2.45, 2.75) is 65.4 Å². The van der Waals surface area contributed by atoms with Crippen LogP contribution in [-0.2, 0) is 27.5 Å². The predicted molar refractivity (Wildman–Crippen MR) is 204 cm³/mol. The van der Waals surface area contributed by atoms with E-state index in [2.05, 4.69) is 63.6 Å². The number of anilines is 3. The molecule has 1 aliphatic heterocycles. The van der Waals surface area contributed by atoms with E-state index in [0.717, 1.165) is 56.8 Å². The average molecular weight is 732 g/mol. The van der Waals surface area contributed by atoms with Crippen molar-refractivity contribution in [1.29, 1.82) is 0 Å². The Kier molecular flexibility index (Phi) is 11.4. The maximum absolute atomic E-state index is 13.1. The summed E-state index contributed by atoms with van der Waals surface area (Å²) in [5.41, 5.74) is 3.39. The molecule has 14 heteroatoms. The summed E-state index contributed by atoms with van der Waals surface area (Å²) >= 11 is 3.04. The Labute approximate surface area is 302 Å². The highest BCUT2D eigenvalue weighted by Gasteiger charge is 2.31. The molecule has 0 amide bonds. The minimum atomic E-state index is -1.20. The first-order valence-electron chi connectivity index (χ1n) is 17.0. The van der Waals surface area contributed by atoms with Gasteiger partial charge in [-0.25, -0.2) is 9.78 Å². The predicted octanol–water partition coefficient (Wildman–Crippen LogP) is 7.54. The van der Waals surface area contributed by atoms with Gasteiger partial charge in [0.1, 0.15) is 11.7 Å². The van der Waals surface area contributed by atoms with E-state index in [4.69, 9.17) is 24.2 Å². The monoisotopic (exact) mass is 731 g/mol. The first kappa shape index (κ1) is 35.9. The van der Waals surface area contributed by atoms with Gasteiger partial charge in [0, 0.05) is 34.8 Å². The molecule has 0 spiro atoms. The fraction of sp³-hybridized carbons (Fsp3) is 0.417. The van der Waals surface area contributed by atoms with Gasteiger partial charge in [0.25, 0.3) is 0 Å². The number of nitrogens with zero attached hydrogens (tertiary/aromatic N) is 7. The third kappa shape index (κ3) is 8.67. The van der Waals surface area contributed by atoms with Crippen LogP contribution in [0, 0.1) is 6.92 Å². The molecule has 0 bridgehead atoms. The lowest BCUT2D eigenvalue weighted by molar-refractivity contribution is 0.0518. The van der Waals surface area contributed by atoms with Crippen molar-refractivity contribution in [2.24, 2.45) is 4.99 Å². The molecule has 5 aromatic rings. The lowest BCUT2D eigenvalue weighted by atomic mass is 10.2. The Morgan fingerprint density at radius 3 is 2.62 bits per heavy atom. The summed E-state index contributed by atoms with van der Waals surface area (Å²) < 4.78 is 21.0. The number of thiazole rings is 2. The van der Waals surface area contributed by atoms with E-state index in [-0.39, 0.29) is 12.7 Å². The molecule has 50 heavy (non-hydrogen) atoms. The smallest absolute Gasteiger partial charge is 0.360 e. The summed E-state index contributed by atoms with van der Waals surface area (Å²) in [6.45, 7) is 14.2. The van der Waals surface area contributed by atoms with E-state index < -0.39 is 14.0 Å². The molecule has 1 aliphatic rings. The SMILES string of the molecule is CCOC(=O)c1nc(N(C)c2cc(C)c(/N=c3\sc4ccccc4n3COCC[Si](C)(C)C)nn2)sc1N1CC[C@H](OCc2ccccc2)C1. The van der Waals surface area contributed by atoms with E-state index >= 15 is 0 Å². The first-order valence-corrected chi connectivity index (χ1v) is 22.3. The topological polar surface area (TPSA) is 107 Å². The highest BCUT2D eigenvalue weighted by atomic mass is 32.1. The lowest BCUT2D eigenvalue weighted by Gasteiger charge is -2.18. The van der Waals surface area contributed by atoms with Crippen molar-refractivity contribution < 1.29 is 19.0 Å². The van der Waals surface area contributed by atoms with Crippen molar-refractivity contribution in [3.8, 4) is 0 Å². The number of fused-ring (bicyclic) bond motifs is 1. The van der Waals surface area contributed by atoms with E-state index in [9.17, 15) is 4.79 Å². The van der Waals surface area contributed by atoms with Crippen molar-refractivity contribution in [3.05, 3.63) is 82.3 Å². The largest absolute Gasteiger partial charge is 0.461 e. The Bertz CT molecular complexity index is 1990. The number of hydrogen-bond donors (Lipinski definition) is 0. The number of hydrogen-bond acceptors (Lipinski definition) is 12. The maximum Gasteiger partial charge on any atom is 0.360 e. The van der Waals surface area contributed by atoms with Crippen LogP contribution >= 0.6 is 22.7 Å². The zero-order valence-corrected chi connectivity index (χ0v) is 32.2. The summed E-state index contributed by atoms with van der Waals surface area (Å²) in [6.07, 6.45) is 0.910. The molecule has 0 N–H and O–H groups in total. The summed E-state index contributed by atoms with van der Waals surface area (Å²) in [4.78, 5) is 27.6. The van der Waals surface area contributed by atoms with Crippen molar-refractivity contribution in [3.63, 3.8) is 0 Å². The van der Waals surface area contributed by atoms with Crippen LogP contribution in [0.3, 0.4) is 0 Å². The molecule has 0 radical (unpaired) electrons. The van der Waals surface area contributed by atoms with Gasteiger partial charge in [-0.3, -0.25) is 4.57 Å². The molecule has 1 saturated heterocycles. The number of esters is 1. The molecule has 264 valence electrons. The van der Waals surface area contributed by atoms with Gasteiger partial charge >= 0.3 is 5.97 Å². The molecule has 0 aliphatic carbocycles. The highest BCUT2D eigenvalue weighted by molar-refractivity contribution is 7.20. The second-order valence-corrected chi connectivity index (χ2v) is 21.1. The maximum atomic E-state index is 13.1. The third-order valence-corrected chi connectivity index (χ3v) is 12.4. The standard InChI is InChI=1S/C36H45N7O4S2Si/c1-7-46-34(44)31-33(42-18-17-27(22-42)47-23-26-13-9-8-10-14-26)49-35(37-31)41(3)30-21-25(2)32(40-39-30)38-36-43(24-45-19-20-50(4,5)6)28-15-11-12-16-29(28)48-36/h8-16,21,27H,7,17-20,22-24H2,1-6H3/b38-36-/t27-/m0/s1. The second-order valence-electron chi connectivity index (χ2n) is 13.5. The fourth-order valence-electron chi connectivity index (χ4n) is 5.52. The number of aromatic nitrogens is 4. The number of ether oxygens (including phenoxy) is 3. The van der Waals surface area contributed by atoms with Gasteiger partial charge in [0.05, 0.1) is 29.5 Å². The molecule has 1 fully saturated rings. The molecule has 0 unspecified atom stereocenters. The number of carbonyl (C=O) groups excluding carboxylic acids is 1. The van der Waals surface area contributed by atoms with Crippen LogP contribution in [0.15, 0.2) is 65.7 Å². The molecule has 4 heterocycles. The van der Waals surface area contributed by atoms with Crippen molar-refractivity contribution in [1.82, 2.24) is 19.7 Å². The van der Waals surface area contributed by atoms with Crippen LogP contribution < -0.4 is 14.6 Å². The van der Waals surface area contributed by atoms with Gasteiger partial charge in [-0.2, -0.15) is 4.99 Å². The Morgan fingerprint density at radius 2 is 1.86 bits per heavy atom. The van der Waals surface area contributed by atoms with E-state index in [1.54, 1.807) is 18.3 Å². The van der Waals surface area contributed by atoms with Crippen LogP contribution in [-0.4, -0.2) is 73.2 Å². The van der Waals surface area contributed by atoms with E-state index in [0.29, 0.717) is 42.3 Å². The molecular formula is C36H45N7O4S2Si. The number of aryl methyl sites for hydroxylation is 1. The third-order valence-electron chi connectivity index (χ3n) is 8.41. The molecule has 11 nitrogen and oxygen atoms in total. The average Bonchev–Trinajstić information content (AvgIpc) is 3.84. The Hall–Kier alpha value is -3.95. The fourth-order valence-corrected chi connectivity index (χ4v) is 8.36. The summed E-state index contributed by atoms with van der Waals surface area (Å²) in [5, 5.41) is 10.5. The van der Waals surface area contributed by atoms with Gasteiger partial charge in [-0.15, -0.1) is 10.2 Å². The molecule has 3 aromatic heterocycles. The zero-order chi connectivity index (χ0) is 35.3. The van der Waals surface area contributed by atoms with E-state index in [1.807, 2.05) is 55.3 Å². The van der Waals surface area contributed by atoms with Gasteiger partial charge in [0.2, 0.25) is 0 Å². The summed E-state index contributed by atoms with van der Waals surface area (Å²) in [7, 11) is 0.679. The molecule has 2 aromatic carbocycles. The molecule has 0 saturated carbocycles.